The van der Waals surface area contributed by atoms with Gasteiger partial charge in [-0.05, 0) is 37.0 Å². The van der Waals surface area contributed by atoms with Gasteiger partial charge in [0.1, 0.15) is 5.75 Å². The van der Waals surface area contributed by atoms with Crippen LogP contribution in [-0.2, 0) is 6.54 Å². The Kier molecular flexibility index (Phi) is 3.46. The summed E-state index contributed by atoms with van der Waals surface area (Å²) in [5.41, 5.74) is 3.00. The maximum Gasteiger partial charge on any atom is 0.123 e. The zero-order chi connectivity index (χ0) is 10.7. The minimum atomic E-state index is 0.348. The van der Waals surface area contributed by atoms with Gasteiger partial charge in [0.05, 0.1) is 6.61 Å². The van der Waals surface area contributed by atoms with E-state index in [1.165, 1.54) is 12.8 Å². The standard InChI is InChI=1S/C11H14ClNO2/c12-10-3-4-11(9(5-10)6-13-14)15-7-8-1-2-8/h3-5,8,13-14H,1-2,6-7H2. The Labute approximate surface area is 94.0 Å². The Morgan fingerprint density at radius 1 is 1.47 bits per heavy atom. The molecule has 1 aromatic carbocycles. The van der Waals surface area contributed by atoms with Crippen molar-refractivity contribution in [1.82, 2.24) is 5.48 Å². The molecule has 0 unspecified atom stereocenters. The van der Waals surface area contributed by atoms with Crippen LogP contribution in [0.5, 0.6) is 5.75 Å². The van der Waals surface area contributed by atoms with E-state index in [1.807, 2.05) is 6.07 Å². The lowest BCUT2D eigenvalue weighted by Gasteiger charge is -2.10. The van der Waals surface area contributed by atoms with Crippen LogP contribution in [0.1, 0.15) is 18.4 Å². The van der Waals surface area contributed by atoms with E-state index in [-0.39, 0.29) is 0 Å². The molecule has 82 valence electrons. The predicted octanol–water partition coefficient (Wildman–Crippen LogP) is 2.61. The predicted molar refractivity (Wildman–Crippen MR) is 58.3 cm³/mol. The van der Waals surface area contributed by atoms with Gasteiger partial charge in [-0.1, -0.05) is 11.6 Å². The third kappa shape index (κ3) is 3.09. The van der Waals surface area contributed by atoms with Crippen molar-refractivity contribution < 1.29 is 9.94 Å². The molecule has 4 heteroatoms. The van der Waals surface area contributed by atoms with Gasteiger partial charge in [0, 0.05) is 17.1 Å². The molecule has 0 aromatic heterocycles. The molecule has 0 aliphatic heterocycles. The first-order valence-electron chi connectivity index (χ1n) is 5.08. The van der Waals surface area contributed by atoms with Gasteiger partial charge in [-0.2, -0.15) is 0 Å². The molecule has 0 bridgehead atoms. The van der Waals surface area contributed by atoms with Gasteiger partial charge in [-0.3, -0.25) is 0 Å². The summed E-state index contributed by atoms with van der Waals surface area (Å²) >= 11 is 5.86. The molecule has 0 heterocycles. The van der Waals surface area contributed by atoms with E-state index in [0.717, 1.165) is 23.8 Å². The molecule has 0 spiro atoms. The fraction of sp³-hybridized carbons (Fsp3) is 0.455. The van der Waals surface area contributed by atoms with Crippen molar-refractivity contribution in [2.75, 3.05) is 6.61 Å². The first-order valence-corrected chi connectivity index (χ1v) is 5.45. The Balaban J connectivity index is 2.04. The summed E-state index contributed by atoms with van der Waals surface area (Å²) in [5, 5.41) is 9.33. The fourth-order valence-electron chi connectivity index (χ4n) is 1.40. The third-order valence-corrected chi connectivity index (χ3v) is 2.70. The van der Waals surface area contributed by atoms with Gasteiger partial charge in [-0.15, -0.1) is 0 Å². The van der Waals surface area contributed by atoms with Crippen molar-refractivity contribution in [2.45, 2.75) is 19.4 Å². The monoisotopic (exact) mass is 227 g/mol. The van der Waals surface area contributed by atoms with Crippen molar-refractivity contribution in [3.8, 4) is 5.75 Å². The summed E-state index contributed by atoms with van der Waals surface area (Å²) in [6.07, 6.45) is 2.53. The molecule has 1 aliphatic rings. The molecule has 1 saturated carbocycles. The first-order chi connectivity index (χ1) is 7.29. The number of hydrogen-bond acceptors (Lipinski definition) is 3. The van der Waals surface area contributed by atoms with E-state index >= 15 is 0 Å². The lowest BCUT2D eigenvalue weighted by atomic mass is 10.2. The minimum absolute atomic E-state index is 0.348. The maximum absolute atomic E-state index is 8.68. The molecule has 3 nitrogen and oxygen atoms in total. The van der Waals surface area contributed by atoms with E-state index < -0.39 is 0 Å². The second kappa shape index (κ2) is 4.84. The third-order valence-electron chi connectivity index (χ3n) is 2.46. The number of halogens is 1. The number of hydroxylamine groups is 1. The summed E-state index contributed by atoms with van der Waals surface area (Å²) in [6, 6.07) is 5.44. The number of rotatable bonds is 5. The second-order valence-electron chi connectivity index (χ2n) is 3.84. The Hall–Kier alpha value is -0.770. The summed E-state index contributed by atoms with van der Waals surface area (Å²) in [5.74, 6) is 1.52. The Morgan fingerprint density at radius 2 is 2.27 bits per heavy atom. The molecule has 1 aromatic rings. The average Bonchev–Trinajstić information content (AvgIpc) is 3.01. The molecule has 1 aliphatic carbocycles. The van der Waals surface area contributed by atoms with E-state index in [2.05, 4.69) is 5.48 Å². The van der Waals surface area contributed by atoms with Crippen LogP contribution >= 0.6 is 11.6 Å². The van der Waals surface area contributed by atoms with Crippen molar-refractivity contribution in [1.29, 1.82) is 0 Å². The van der Waals surface area contributed by atoms with Crippen LogP contribution in [-0.4, -0.2) is 11.8 Å². The van der Waals surface area contributed by atoms with E-state index in [0.29, 0.717) is 11.6 Å². The van der Waals surface area contributed by atoms with Crippen molar-refractivity contribution >= 4 is 11.6 Å². The lowest BCUT2D eigenvalue weighted by Crippen LogP contribution is -2.09. The van der Waals surface area contributed by atoms with Crippen LogP contribution in [0.15, 0.2) is 18.2 Å². The summed E-state index contributed by atoms with van der Waals surface area (Å²) < 4.78 is 5.66. The normalized spacial score (nSPS) is 15.3. The van der Waals surface area contributed by atoms with Crippen LogP contribution in [0.2, 0.25) is 5.02 Å². The number of benzene rings is 1. The highest BCUT2D eigenvalue weighted by Gasteiger charge is 2.22. The van der Waals surface area contributed by atoms with Crippen LogP contribution < -0.4 is 10.2 Å². The molecule has 1 fully saturated rings. The fourth-order valence-corrected chi connectivity index (χ4v) is 1.60. The largest absolute Gasteiger partial charge is 0.493 e. The number of nitrogens with one attached hydrogen (secondary N) is 1. The summed E-state index contributed by atoms with van der Waals surface area (Å²) in [6.45, 7) is 1.11. The molecule has 2 N–H and O–H groups in total. The first kappa shape index (κ1) is 10.7. The highest BCUT2D eigenvalue weighted by Crippen LogP contribution is 2.31. The van der Waals surface area contributed by atoms with Crippen LogP contribution in [0.25, 0.3) is 0 Å². The van der Waals surface area contributed by atoms with Gasteiger partial charge < -0.3 is 9.94 Å². The van der Waals surface area contributed by atoms with Gasteiger partial charge in [0.15, 0.2) is 0 Å². The Bertz CT molecular complexity index is 339. The number of ether oxygens (including phenoxy) is 1. The van der Waals surface area contributed by atoms with Crippen LogP contribution in [0.4, 0.5) is 0 Å². The van der Waals surface area contributed by atoms with E-state index in [4.69, 9.17) is 21.5 Å². The average molecular weight is 228 g/mol. The smallest absolute Gasteiger partial charge is 0.123 e. The SMILES string of the molecule is ONCc1cc(Cl)ccc1OCC1CC1. The van der Waals surface area contributed by atoms with Gasteiger partial charge in [0.2, 0.25) is 0 Å². The molecule has 0 atom stereocenters. The molecular weight excluding hydrogens is 214 g/mol. The summed E-state index contributed by atoms with van der Waals surface area (Å²) in [7, 11) is 0. The topological polar surface area (TPSA) is 41.5 Å². The summed E-state index contributed by atoms with van der Waals surface area (Å²) in [4.78, 5) is 0. The van der Waals surface area contributed by atoms with Crippen LogP contribution in [0, 0.1) is 5.92 Å². The Morgan fingerprint density at radius 3 is 2.93 bits per heavy atom. The molecular formula is C11H14ClNO2. The van der Waals surface area contributed by atoms with Crippen molar-refractivity contribution in [3.05, 3.63) is 28.8 Å². The highest BCUT2D eigenvalue weighted by molar-refractivity contribution is 6.30. The van der Waals surface area contributed by atoms with Crippen molar-refractivity contribution in [2.24, 2.45) is 5.92 Å². The van der Waals surface area contributed by atoms with Gasteiger partial charge in [-0.25, -0.2) is 5.48 Å². The van der Waals surface area contributed by atoms with E-state index in [1.54, 1.807) is 12.1 Å². The minimum Gasteiger partial charge on any atom is -0.493 e. The second-order valence-corrected chi connectivity index (χ2v) is 4.28. The van der Waals surface area contributed by atoms with Crippen molar-refractivity contribution in [3.63, 3.8) is 0 Å². The number of hydrogen-bond donors (Lipinski definition) is 2. The quantitative estimate of drug-likeness (QED) is 0.760. The van der Waals surface area contributed by atoms with Gasteiger partial charge in [0.25, 0.3) is 0 Å². The molecule has 0 radical (unpaired) electrons. The zero-order valence-electron chi connectivity index (χ0n) is 8.37. The van der Waals surface area contributed by atoms with Gasteiger partial charge >= 0.3 is 0 Å². The molecule has 15 heavy (non-hydrogen) atoms. The zero-order valence-corrected chi connectivity index (χ0v) is 9.13. The molecule has 0 saturated heterocycles. The molecule has 2 rings (SSSR count). The molecule has 0 amide bonds. The van der Waals surface area contributed by atoms with E-state index in [9.17, 15) is 0 Å². The lowest BCUT2D eigenvalue weighted by molar-refractivity contribution is 0.159. The van der Waals surface area contributed by atoms with Crippen LogP contribution in [0.3, 0.4) is 0 Å². The maximum atomic E-state index is 8.68. The highest BCUT2D eigenvalue weighted by atomic mass is 35.5.